The molecule has 158 valence electrons. The van der Waals surface area contributed by atoms with E-state index in [2.05, 4.69) is 5.32 Å². The van der Waals surface area contributed by atoms with Crippen molar-refractivity contribution in [1.82, 2.24) is 9.47 Å². The molecule has 0 aliphatic rings. The summed E-state index contributed by atoms with van der Waals surface area (Å²) in [6.07, 6.45) is 0. The van der Waals surface area contributed by atoms with Crippen molar-refractivity contribution in [2.24, 2.45) is 0 Å². The molecule has 1 heterocycles. The standard InChI is InChI=1S/C23H27N3O4/c1-6-30-23(29)21-14(2)26(17-9-7-16(8-10-17)24-15(3)27)19-11-12-20(28)18(22(19)21)13-25(4)5/h7-12,28H,6,13H2,1-5H3,(H,24,27). The van der Waals surface area contributed by atoms with Crippen LogP contribution >= 0.6 is 0 Å². The second-order valence-electron chi connectivity index (χ2n) is 7.44. The first-order valence-corrected chi connectivity index (χ1v) is 9.80. The Morgan fingerprint density at radius 3 is 2.37 bits per heavy atom. The van der Waals surface area contributed by atoms with Gasteiger partial charge in [0, 0.05) is 41.5 Å². The fourth-order valence-electron chi connectivity index (χ4n) is 3.72. The van der Waals surface area contributed by atoms with E-state index < -0.39 is 5.97 Å². The van der Waals surface area contributed by atoms with Crippen molar-refractivity contribution in [3.63, 3.8) is 0 Å². The smallest absolute Gasteiger partial charge is 0.340 e. The molecule has 1 aromatic heterocycles. The van der Waals surface area contributed by atoms with Gasteiger partial charge in [0.2, 0.25) is 5.91 Å². The van der Waals surface area contributed by atoms with Crippen LogP contribution in [0.25, 0.3) is 16.6 Å². The number of benzene rings is 2. The highest BCUT2D eigenvalue weighted by molar-refractivity contribution is 6.08. The first-order valence-electron chi connectivity index (χ1n) is 9.80. The van der Waals surface area contributed by atoms with E-state index in [1.807, 2.05) is 54.8 Å². The molecule has 2 N–H and O–H groups in total. The molecule has 3 rings (SSSR count). The van der Waals surface area contributed by atoms with Crippen LogP contribution in [0.5, 0.6) is 5.75 Å². The van der Waals surface area contributed by atoms with Crippen LogP contribution < -0.4 is 5.32 Å². The molecule has 1 amide bonds. The molecule has 30 heavy (non-hydrogen) atoms. The SMILES string of the molecule is CCOC(=O)c1c(C)n(-c2ccc(NC(C)=O)cc2)c2ccc(O)c(CN(C)C)c12. The number of aromatic hydroxyl groups is 1. The number of amides is 1. The molecular formula is C23H27N3O4. The van der Waals surface area contributed by atoms with E-state index in [4.69, 9.17) is 4.74 Å². The Bertz CT molecular complexity index is 1100. The van der Waals surface area contributed by atoms with Crippen molar-refractivity contribution in [2.45, 2.75) is 27.3 Å². The lowest BCUT2D eigenvalue weighted by molar-refractivity contribution is -0.114. The number of phenolic OH excluding ortho intramolecular Hbond substituents is 1. The quantitative estimate of drug-likeness (QED) is 0.605. The summed E-state index contributed by atoms with van der Waals surface area (Å²) in [5.41, 5.74) is 4.18. The van der Waals surface area contributed by atoms with Crippen LogP contribution in [0.15, 0.2) is 36.4 Å². The predicted octanol–water partition coefficient (Wildman–Crippen LogP) is 3.84. The van der Waals surface area contributed by atoms with Crippen molar-refractivity contribution in [2.75, 3.05) is 26.0 Å². The summed E-state index contributed by atoms with van der Waals surface area (Å²) in [6, 6.07) is 10.8. The summed E-state index contributed by atoms with van der Waals surface area (Å²) in [5.74, 6) is -0.419. The van der Waals surface area contributed by atoms with E-state index in [0.29, 0.717) is 28.7 Å². The highest BCUT2D eigenvalue weighted by atomic mass is 16.5. The third-order valence-electron chi connectivity index (χ3n) is 4.85. The Morgan fingerprint density at radius 1 is 1.13 bits per heavy atom. The van der Waals surface area contributed by atoms with Crippen LogP contribution in [0, 0.1) is 6.92 Å². The average molecular weight is 409 g/mol. The van der Waals surface area contributed by atoms with E-state index in [1.54, 1.807) is 19.1 Å². The first-order chi connectivity index (χ1) is 14.2. The number of aromatic nitrogens is 1. The van der Waals surface area contributed by atoms with Gasteiger partial charge in [-0.25, -0.2) is 4.79 Å². The van der Waals surface area contributed by atoms with Crippen molar-refractivity contribution < 1.29 is 19.4 Å². The fraction of sp³-hybridized carbons (Fsp3) is 0.304. The zero-order valence-corrected chi connectivity index (χ0v) is 17.9. The second-order valence-corrected chi connectivity index (χ2v) is 7.44. The number of phenols is 1. The number of carbonyl (C=O) groups is 2. The summed E-state index contributed by atoms with van der Waals surface area (Å²) in [5, 5.41) is 14.0. The first kappa shape index (κ1) is 21.4. The van der Waals surface area contributed by atoms with Crippen LogP contribution in [-0.4, -0.2) is 47.2 Å². The number of rotatable bonds is 6. The van der Waals surface area contributed by atoms with Crippen molar-refractivity contribution >= 4 is 28.5 Å². The Kier molecular flexibility index (Phi) is 6.12. The number of nitrogens with one attached hydrogen (secondary N) is 1. The highest BCUT2D eigenvalue weighted by Gasteiger charge is 2.25. The van der Waals surface area contributed by atoms with E-state index in [0.717, 1.165) is 16.9 Å². The van der Waals surface area contributed by atoms with Crippen LogP contribution in [-0.2, 0) is 16.1 Å². The Hall–Kier alpha value is -3.32. The van der Waals surface area contributed by atoms with Gasteiger partial charge in [0.1, 0.15) is 5.75 Å². The predicted molar refractivity (Wildman–Crippen MR) is 117 cm³/mol. The molecule has 0 saturated carbocycles. The van der Waals surface area contributed by atoms with Crippen LogP contribution in [0.3, 0.4) is 0 Å². The third kappa shape index (κ3) is 4.02. The molecule has 0 spiro atoms. The van der Waals surface area contributed by atoms with Gasteiger partial charge in [0.25, 0.3) is 0 Å². The summed E-state index contributed by atoms with van der Waals surface area (Å²) >= 11 is 0. The molecule has 7 heteroatoms. The minimum absolute atomic E-state index is 0.139. The number of nitrogens with zero attached hydrogens (tertiary/aromatic N) is 2. The fourth-order valence-corrected chi connectivity index (χ4v) is 3.72. The normalized spacial score (nSPS) is 11.1. The van der Waals surface area contributed by atoms with Crippen molar-refractivity contribution in [1.29, 1.82) is 0 Å². The number of fused-ring (bicyclic) bond motifs is 1. The van der Waals surface area contributed by atoms with Gasteiger partial charge in [-0.2, -0.15) is 0 Å². The van der Waals surface area contributed by atoms with Gasteiger partial charge in [-0.3, -0.25) is 4.79 Å². The summed E-state index contributed by atoms with van der Waals surface area (Å²) in [7, 11) is 3.82. The van der Waals surface area contributed by atoms with E-state index >= 15 is 0 Å². The minimum Gasteiger partial charge on any atom is -0.508 e. The van der Waals surface area contributed by atoms with Gasteiger partial charge in [0.15, 0.2) is 0 Å². The largest absolute Gasteiger partial charge is 0.508 e. The number of carbonyl (C=O) groups excluding carboxylic acids is 2. The van der Waals surface area contributed by atoms with Gasteiger partial charge in [-0.1, -0.05) is 0 Å². The van der Waals surface area contributed by atoms with E-state index in [9.17, 15) is 14.7 Å². The molecule has 0 fully saturated rings. The number of ether oxygens (including phenoxy) is 1. The number of hydrogen-bond donors (Lipinski definition) is 2. The molecule has 0 bridgehead atoms. The van der Waals surface area contributed by atoms with Gasteiger partial charge in [-0.15, -0.1) is 0 Å². The average Bonchev–Trinajstić information content (AvgIpc) is 2.96. The van der Waals surface area contributed by atoms with Crippen LogP contribution in [0.1, 0.15) is 35.5 Å². The Balaban J connectivity index is 2.28. The van der Waals surface area contributed by atoms with Gasteiger partial charge < -0.3 is 24.6 Å². The van der Waals surface area contributed by atoms with E-state index in [1.165, 1.54) is 6.92 Å². The molecule has 7 nitrogen and oxygen atoms in total. The molecule has 0 radical (unpaired) electrons. The molecule has 0 unspecified atom stereocenters. The second kappa shape index (κ2) is 8.59. The molecule has 0 aliphatic heterocycles. The molecular weight excluding hydrogens is 382 g/mol. The van der Waals surface area contributed by atoms with Gasteiger partial charge >= 0.3 is 5.97 Å². The molecule has 3 aromatic rings. The lowest BCUT2D eigenvalue weighted by Crippen LogP contribution is -2.12. The van der Waals surface area contributed by atoms with Gasteiger partial charge in [0.05, 0.1) is 17.7 Å². The van der Waals surface area contributed by atoms with Crippen molar-refractivity contribution in [3.05, 3.63) is 53.2 Å². The maximum absolute atomic E-state index is 12.9. The van der Waals surface area contributed by atoms with Crippen molar-refractivity contribution in [3.8, 4) is 11.4 Å². The number of anilines is 1. The zero-order valence-electron chi connectivity index (χ0n) is 17.9. The zero-order chi connectivity index (χ0) is 22.0. The van der Waals surface area contributed by atoms with E-state index in [-0.39, 0.29) is 18.3 Å². The maximum Gasteiger partial charge on any atom is 0.340 e. The monoisotopic (exact) mass is 409 g/mol. The topological polar surface area (TPSA) is 83.8 Å². The maximum atomic E-state index is 12.9. The van der Waals surface area contributed by atoms with Crippen LogP contribution in [0.4, 0.5) is 5.69 Å². The summed E-state index contributed by atoms with van der Waals surface area (Å²) < 4.78 is 7.30. The molecule has 0 saturated heterocycles. The number of esters is 1. The van der Waals surface area contributed by atoms with Gasteiger partial charge in [-0.05, 0) is 64.3 Å². The molecule has 0 aliphatic carbocycles. The third-order valence-corrected chi connectivity index (χ3v) is 4.85. The summed E-state index contributed by atoms with van der Waals surface area (Å²) in [4.78, 5) is 26.1. The lowest BCUT2D eigenvalue weighted by Gasteiger charge is -2.14. The highest BCUT2D eigenvalue weighted by Crippen LogP contribution is 2.37. The number of hydrogen-bond acceptors (Lipinski definition) is 5. The van der Waals surface area contributed by atoms with Crippen LogP contribution in [0.2, 0.25) is 0 Å². The lowest BCUT2D eigenvalue weighted by atomic mass is 10.0. The Morgan fingerprint density at radius 2 is 1.80 bits per heavy atom. The molecule has 0 atom stereocenters. The Labute approximate surface area is 175 Å². The molecule has 2 aromatic carbocycles. The summed E-state index contributed by atoms with van der Waals surface area (Å²) in [6.45, 7) is 5.83. The minimum atomic E-state index is -0.417.